The van der Waals surface area contributed by atoms with Gasteiger partial charge >= 0.3 is 0 Å². The number of carbonyl (C=O) groups is 1. The van der Waals surface area contributed by atoms with Crippen LogP contribution in [0.25, 0.3) is 5.78 Å². The van der Waals surface area contributed by atoms with Gasteiger partial charge in [-0.15, -0.1) is 5.10 Å². The van der Waals surface area contributed by atoms with Crippen molar-refractivity contribution in [2.75, 3.05) is 38.2 Å². The van der Waals surface area contributed by atoms with Crippen LogP contribution in [0, 0.1) is 6.92 Å². The molecule has 0 N–H and O–H groups in total. The quantitative estimate of drug-likeness (QED) is 0.709. The third-order valence-electron chi connectivity index (χ3n) is 4.61. The lowest BCUT2D eigenvalue weighted by molar-refractivity contribution is 0.0734. The van der Waals surface area contributed by atoms with Crippen molar-refractivity contribution in [2.45, 2.75) is 6.92 Å². The van der Waals surface area contributed by atoms with Crippen LogP contribution in [0.2, 0.25) is 0 Å². The minimum atomic E-state index is -0.158. The fourth-order valence-corrected chi connectivity index (χ4v) is 3.18. The van der Waals surface area contributed by atoms with E-state index in [1.165, 1.54) is 0 Å². The Morgan fingerprint density at radius 1 is 1.12 bits per heavy atom. The summed E-state index contributed by atoms with van der Waals surface area (Å²) in [6, 6.07) is 9.76. The Hall–Kier alpha value is -3.16. The van der Waals surface area contributed by atoms with E-state index in [-0.39, 0.29) is 11.7 Å². The lowest BCUT2D eigenvalue weighted by Crippen LogP contribution is -2.49. The number of rotatable bonds is 3. The molecule has 8 heteroatoms. The van der Waals surface area contributed by atoms with E-state index in [2.05, 4.69) is 20.0 Å². The Morgan fingerprint density at radius 2 is 1.88 bits per heavy atom. The topological polar surface area (TPSA) is 75.9 Å². The number of fused-ring (bicyclic) bond motifs is 1. The molecule has 0 bridgehead atoms. The standard InChI is InChI=1S/C18H20N6O2/c1-13-7-8-19-18-20-16(21-24(13)18)17(25)23-11-9-22(10-12-23)14-5-3-4-6-15(14)26-2/h3-8H,9-12H2,1-2H3. The lowest BCUT2D eigenvalue weighted by Gasteiger charge is -2.36. The summed E-state index contributed by atoms with van der Waals surface area (Å²) in [4.78, 5) is 25.2. The molecule has 0 atom stereocenters. The normalized spacial score (nSPS) is 14.7. The van der Waals surface area contributed by atoms with Crippen LogP contribution in [0.4, 0.5) is 5.69 Å². The molecular formula is C18H20N6O2. The Kier molecular flexibility index (Phi) is 4.16. The Morgan fingerprint density at radius 3 is 2.62 bits per heavy atom. The van der Waals surface area contributed by atoms with Gasteiger partial charge in [-0.1, -0.05) is 12.1 Å². The van der Waals surface area contributed by atoms with E-state index >= 15 is 0 Å². The maximum absolute atomic E-state index is 12.8. The number of benzene rings is 1. The zero-order valence-corrected chi connectivity index (χ0v) is 14.8. The maximum Gasteiger partial charge on any atom is 0.293 e. The van der Waals surface area contributed by atoms with E-state index in [4.69, 9.17) is 4.74 Å². The van der Waals surface area contributed by atoms with Gasteiger partial charge in [-0.3, -0.25) is 4.79 Å². The smallest absolute Gasteiger partial charge is 0.293 e. The van der Waals surface area contributed by atoms with Crippen LogP contribution in [-0.4, -0.2) is 63.7 Å². The first-order valence-corrected chi connectivity index (χ1v) is 8.53. The molecule has 0 saturated carbocycles. The largest absolute Gasteiger partial charge is 0.495 e. The van der Waals surface area contributed by atoms with E-state index < -0.39 is 0 Å². The molecule has 3 heterocycles. The van der Waals surface area contributed by atoms with Gasteiger partial charge in [-0.25, -0.2) is 9.50 Å². The first-order chi connectivity index (χ1) is 12.7. The summed E-state index contributed by atoms with van der Waals surface area (Å²) in [5, 5.41) is 4.31. The zero-order valence-electron chi connectivity index (χ0n) is 14.8. The molecule has 1 amide bonds. The molecule has 2 aromatic heterocycles. The fraction of sp³-hybridized carbons (Fsp3) is 0.333. The molecule has 0 unspecified atom stereocenters. The van der Waals surface area contributed by atoms with E-state index in [0.29, 0.717) is 18.9 Å². The Bertz CT molecular complexity index is 946. The van der Waals surface area contributed by atoms with Gasteiger partial charge in [0.1, 0.15) is 5.75 Å². The van der Waals surface area contributed by atoms with Crippen LogP contribution in [-0.2, 0) is 0 Å². The highest BCUT2D eigenvalue weighted by molar-refractivity contribution is 5.91. The first kappa shape index (κ1) is 16.3. The molecule has 1 fully saturated rings. The Labute approximate surface area is 151 Å². The molecule has 1 aliphatic rings. The van der Waals surface area contributed by atoms with Gasteiger partial charge in [0.25, 0.3) is 11.7 Å². The second-order valence-corrected chi connectivity index (χ2v) is 6.18. The number of para-hydroxylation sites is 2. The third kappa shape index (κ3) is 2.83. The van der Waals surface area contributed by atoms with Crippen molar-refractivity contribution in [3.05, 3.63) is 48.0 Å². The second-order valence-electron chi connectivity index (χ2n) is 6.18. The number of piperazine rings is 1. The number of nitrogens with zero attached hydrogens (tertiary/aromatic N) is 6. The fourth-order valence-electron chi connectivity index (χ4n) is 3.18. The van der Waals surface area contributed by atoms with Crippen LogP contribution < -0.4 is 9.64 Å². The number of anilines is 1. The SMILES string of the molecule is COc1ccccc1N1CCN(C(=O)c2nc3nccc(C)n3n2)CC1. The summed E-state index contributed by atoms with van der Waals surface area (Å²) in [6.45, 7) is 4.59. The second kappa shape index (κ2) is 6.62. The van der Waals surface area contributed by atoms with Gasteiger partial charge in [0.2, 0.25) is 5.82 Å². The van der Waals surface area contributed by atoms with Crippen molar-refractivity contribution in [3.63, 3.8) is 0 Å². The van der Waals surface area contributed by atoms with Crippen LogP contribution in [0.15, 0.2) is 36.5 Å². The van der Waals surface area contributed by atoms with Gasteiger partial charge < -0.3 is 14.5 Å². The average Bonchev–Trinajstić information content (AvgIpc) is 3.13. The molecule has 0 radical (unpaired) electrons. The predicted molar refractivity (Wildman–Crippen MR) is 96.6 cm³/mol. The molecule has 0 aliphatic carbocycles. The van der Waals surface area contributed by atoms with Crippen molar-refractivity contribution in [1.29, 1.82) is 0 Å². The number of aryl methyl sites for hydroxylation is 1. The monoisotopic (exact) mass is 352 g/mol. The van der Waals surface area contributed by atoms with E-state index in [1.54, 1.807) is 22.7 Å². The van der Waals surface area contributed by atoms with Crippen LogP contribution >= 0.6 is 0 Å². The maximum atomic E-state index is 12.8. The lowest BCUT2D eigenvalue weighted by atomic mass is 10.2. The van der Waals surface area contributed by atoms with Crippen molar-refractivity contribution in [3.8, 4) is 5.75 Å². The molecule has 1 saturated heterocycles. The van der Waals surface area contributed by atoms with Gasteiger partial charge in [-0.05, 0) is 25.1 Å². The van der Waals surface area contributed by atoms with Gasteiger partial charge in [-0.2, -0.15) is 4.98 Å². The summed E-state index contributed by atoms with van der Waals surface area (Å²) in [5.74, 6) is 1.32. The molecule has 0 spiro atoms. The van der Waals surface area contributed by atoms with Crippen molar-refractivity contribution in [1.82, 2.24) is 24.5 Å². The molecule has 134 valence electrons. The van der Waals surface area contributed by atoms with Crippen molar-refractivity contribution in [2.24, 2.45) is 0 Å². The number of aromatic nitrogens is 4. The number of carbonyl (C=O) groups excluding carboxylic acids is 1. The van der Waals surface area contributed by atoms with Gasteiger partial charge in [0.05, 0.1) is 12.8 Å². The first-order valence-electron chi connectivity index (χ1n) is 8.53. The van der Waals surface area contributed by atoms with Gasteiger partial charge in [0.15, 0.2) is 0 Å². The number of methoxy groups -OCH3 is 1. The molecule has 3 aromatic rings. The Balaban J connectivity index is 1.48. The predicted octanol–water partition coefficient (Wildman–Crippen LogP) is 1.40. The summed E-state index contributed by atoms with van der Waals surface area (Å²) in [5.41, 5.74) is 1.94. The number of ether oxygens (including phenoxy) is 1. The van der Waals surface area contributed by atoms with Crippen LogP contribution in [0.3, 0.4) is 0 Å². The summed E-state index contributed by atoms with van der Waals surface area (Å²) in [7, 11) is 1.67. The highest BCUT2D eigenvalue weighted by atomic mass is 16.5. The summed E-state index contributed by atoms with van der Waals surface area (Å²) in [6.07, 6.45) is 1.67. The third-order valence-corrected chi connectivity index (χ3v) is 4.61. The summed E-state index contributed by atoms with van der Waals surface area (Å²) >= 11 is 0. The number of hydrogen-bond donors (Lipinski definition) is 0. The number of amides is 1. The summed E-state index contributed by atoms with van der Waals surface area (Å²) < 4.78 is 7.03. The minimum absolute atomic E-state index is 0.158. The molecule has 26 heavy (non-hydrogen) atoms. The number of hydrogen-bond acceptors (Lipinski definition) is 6. The molecule has 1 aromatic carbocycles. The van der Waals surface area contributed by atoms with Crippen molar-refractivity contribution < 1.29 is 9.53 Å². The van der Waals surface area contributed by atoms with Crippen molar-refractivity contribution >= 4 is 17.4 Å². The average molecular weight is 352 g/mol. The van der Waals surface area contributed by atoms with E-state index in [0.717, 1.165) is 30.2 Å². The van der Waals surface area contributed by atoms with Gasteiger partial charge in [0, 0.05) is 38.1 Å². The van der Waals surface area contributed by atoms with Crippen LogP contribution in [0.1, 0.15) is 16.3 Å². The molecular weight excluding hydrogens is 332 g/mol. The highest BCUT2D eigenvalue weighted by Gasteiger charge is 2.26. The molecule has 8 nitrogen and oxygen atoms in total. The minimum Gasteiger partial charge on any atom is -0.495 e. The zero-order chi connectivity index (χ0) is 18.1. The van der Waals surface area contributed by atoms with Crippen LogP contribution in [0.5, 0.6) is 5.75 Å². The molecule has 1 aliphatic heterocycles. The molecule has 4 rings (SSSR count). The van der Waals surface area contributed by atoms with E-state index in [9.17, 15) is 4.79 Å². The van der Waals surface area contributed by atoms with E-state index in [1.807, 2.05) is 37.3 Å². The highest BCUT2D eigenvalue weighted by Crippen LogP contribution is 2.28.